The Hall–Kier alpha value is -3.47. The number of para-hydroxylation sites is 1. The Bertz CT molecular complexity index is 1500. The van der Waals surface area contributed by atoms with Crippen molar-refractivity contribution in [2.24, 2.45) is 0 Å². The quantitative estimate of drug-likeness (QED) is 0.226. The summed E-state index contributed by atoms with van der Waals surface area (Å²) in [5, 5.41) is 2.70. The van der Waals surface area contributed by atoms with Crippen molar-refractivity contribution in [2.75, 3.05) is 33.9 Å². The molecule has 0 aliphatic heterocycles. The van der Waals surface area contributed by atoms with Crippen LogP contribution in [0.25, 0.3) is 10.9 Å². The van der Waals surface area contributed by atoms with Gasteiger partial charge in [0.1, 0.15) is 4.90 Å². The molecule has 0 atom stereocenters. The number of methoxy groups -OCH3 is 2. The molecule has 0 saturated heterocycles. The monoisotopic (exact) mass is 567 g/mol. The zero-order valence-electron chi connectivity index (χ0n) is 22.4. The molecule has 0 aliphatic carbocycles. The summed E-state index contributed by atoms with van der Waals surface area (Å²) in [7, 11) is -0.796. The zero-order valence-corrected chi connectivity index (χ0v) is 24.0. The molecule has 8 nitrogen and oxygen atoms in total. The predicted molar refractivity (Wildman–Crippen MR) is 154 cm³/mol. The summed E-state index contributed by atoms with van der Waals surface area (Å²) in [5.74, 6) is 1.00. The van der Waals surface area contributed by atoms with E-state index in [1.807, 2.05) is 54.8 Å². The number of amides is 1. The zero-order chi connectivity index (χ0) is 27.8. The van der Waals surface area contributed by atoms with Crippen LogP contribution in [0.2, 0.25) is 0 Å². The van der Waals surface area contributed by atoms with E-state index in [9.17, 15) is 13.2 Å². The molecule has 2 aromatic carbocycles. The molecule has 0 fully saturated rings. The third-order valence-corrected chi connectivity index (χ3v) is 9.13. The van der Waals surface area contributed by atoms with E-state index in [-0.39, 0.29) is 23.9 Å². The maximum Gasteiger partial charge on any atom is 0.245 e. The molecule has 2 aromatic heterocycles. The second kappa shape index (κ2) is 13.1. The maximum absolute atomic E-state index is 13.8. The molecule has 0 aliphatic rings. The number of aromatic nitrogens is 1. The molecule has 206 valence electrons. The molecule has 10 heteroatoms. The van der Waals surface area contributed by atoms with Gasteiger partial charge in [-0.15, -0.1) is 11.3 Å². The minimum Gasteiger partial charge on any atom is -0.493 e. The van der Waals surface area contributed by atoms with Gasteiger partial charge in [0.15, 0.2) is 11.5 Å². The largest absolute Gasteiger partial charge is 0.493 e. The van der Waals surface area contributed by atoms with Crippen LogP contribution in [0.3, 0.4) is 0 Å². The van der Waals surface area contributed by atoms with E-state index in [0.717, 1.165) is 15.8 Å². The van der Waals surface area contributed by atoms with Crippen molar-refractivity contribution < 1.29 is 22.7 Å². The number of carbonyl (C=O) groups excluding carboxylic acids is 1. The Kier molecular flexibility index (Phi) is 9.55. The summed E-state index contributed by atoms with van der Waals surface area (Å²) in [6.45, 7) is 2.69. The molecule has 4 aromatic rings. The third kappa shape index (κ3) is 6.76. The summed E-state index contributed by atoms with van der Waals surface area (Å²) >= 11 is 1.56. The topological polar surface area (TPSA) is 89.0 Å². The van der Waals surface area contributed by atoms with Crippen molar-refractivity contribution >= 4 is 38.2 Å². The van der Waals surface area contributed by atoms with E-state index in [2.05, 4.69) is 4.98 Å². The lowest BCUT2D eigenvalue weighted by Crippen LogP contribution is -2.43. The van der Waals surface area contributed by atoms with Crippen LogP contribution in [0.15, 0.2) is 77.1 Å². The van der Waals surface area contributed by atoms with E-state index >= 15 is 0 Å². The maximum atomic E-state index is 13.8. The van der Waals surface area contributed by atoms with Gasteiger partial charge in [-0.05, 0) is 54.1 Å². The van der Waals surface area contributed by atoms with E-state index in [0.29, 0.717) is 42.9 Å². The number of benzene rings is 2. The highest BCUT2D eigenvalue weighted by Gasteiger charge is 2.30. The second-order valence-electron chi connectivity index (χ2n) is 9.00. The second-order valence-corrected chi connectivity index (χ2v) is 11.9. The summed E-state index contributed by atoms with van der Waals surface area (Å²) in [4.78, 5) is 20.9. The molecule has 0 radical (unpaired) electrons. The van der Waals surface area contributed by atoms with Crippen molar-refractivity contribution in [2.45, 2.75) is 31.2 Å². The lowest BCUT2D eigenvalue weighted by atomic mass is 10.1. The normalized spacial score (nSPS) is 11.6. The Labute approximate surface area is 233 Å². The number of rotatable bonds is 13. The molecule has 2 heterocycles. The molecule has 39 heavy (non-hydrogen) atoms. The van der Waals surface area contributed by atoms with Crippen LogP contribution >= 0.6 is 11.3 Å². The van der Waals surface area contributed by atoms with E-state index < -0.39 is 10.0 Å². The number of ether oxygens (including phenoxy) is 2. The highest BCUT2D eigenvalue weighted by molar-refractivity contribution is 7.89. The lowest BCUT2D eigenvalue weighted by molar-refractivity contribution is -0.132. The van der Waals surface area contributed by atoms with Gasteiger partial charge in [0.25, 0.3) is 0 Å². The van der Waals surface area contributed by atoms with Gasteiger partial charge in [-0.3, -0.25) is 9.78 Å². The fraction of sp³-hybridized carbons (Fsp3) is 0.310. The average molecular weight is 568 g/mol. The van der Waals surface area contributed by atoms with Crippen LogP contribution in [-0.4, -0.2) is 62.4 Å². The molecule has 0 bridgehead atoms. The van der Waals surface area contributed by atoms with Gasteiger partial charge >= 0.3 is 0 Å². The molecule has 0 saturated carbocycles. The Morgan fingerprint density at radius 2 is 1.77 bits per heavy atom. The Morgan fingerprint density at radius 1 is 0.974 bits per heavy atom. The van der Waals surface area contributed by atoms with Crippen molar-refractivity contribution in [3.8, 4) is 11.5 Å². The molecule has 0 N–H and O–H groups in total. The third-order valence-electron chi connectivity index (χ3n) is 6.40. The first-order valence-electron chi connectivity index (χ1n) is 12.7. The van der Waals surface area contributed by atoms with Crippen LogP contribution in [0.4, 0.5) is 0 Å². The van der Waals surface area contributed by atoms with Gasteiger partial charge in [0.05, 0.1) is 32.8 Å². The molecular formula is C29H33N3O5S2. The van der Waals surface area contributed by atoms with E-state index in [1.165, 1.54) is 4.31 Å². The number of hydrogen-bond donors (Lipinski definition) is 0. The highest BCUT2D eigenvalue weighted by atomic mass is 32.2. The van der Waals surface area contributed by atoms with Gasteiger partial charge in [-0.25, -0.2) is 8.42 Å². The minimum atomic E-state index is -3.97. The first-order valence-corrected chi connectivity index (χ1v) is 15.0. The van der Waals surface area contributed by atoms with Crippen LogP contribution in [0.1, 0.15) is 23.8 Å². The van der Waals surface area contributed by atoms with Crippen molar-refractivity contribution in [1.29, 1.82) is 0 Å². The first-order chi connectivity index (χ1) is 18.9. The van der Waals surface area contributed by atoms with Crippen molar-refractivity contribution in [3.05, 3.63) is 82.7 Å². The fourth-order valence-corrected chi connectivity index (χ4v) is 6.76. The number of hydrogen-bond acceptors (Lipinski definition) is 7. The smallest absolute Gasteiger partial charge is 0.245 e. The molecular weight excluding hydrogens is 534 g/mol. The number of fused-ring (bicyclic) bond motifs is 1. The van der Waals surface area contributed by atoms with Crippen LogP contribution in [0.5, 0.6) is 11.5 Å². The standard InChI is InChI=1S/C29H33N3O5S2/c1-4-16-32(39(34,35)27-11-5-8-23-9-6-15-30-29(23)27)21-28(33)31(20-24-10-7-18-38-24)17-14-22-12-13-25(36-2)26(19-22)37-3/h5-13,15,18-19H,4,14,16-17,20-21H2,1-3H3. The first kappa shape index (κ1) is 28.5. The Balaban J connectivity index is 1.58. The highest BCUT2D eigenvalue weighted by Crippen LogP contribution is 2.28. The molecule has 4 rings (SSSR count). The van der Waals surface area contributed by atoms with E-state index in [4.69, 9.17) is 9.47 Å². The molecule has 1 amide bonds. The van der Waals surface area contributed by atoms with Gasteiger partial charge in [-0.1, -0.05) is 37.3 Å². The number of thiophene rings is 1. The van der Waals surface area contributed by atoms with Crippen LogP contribution in [0, 0.1) is 0 Å². The van der Waals surface area contributed by atoms with Crippen molar-refractivity contribution in [3.63, 3.8) is 0 Å². The predicted octanol–water partition coefficient (Wildman–Crippen LogP) is 4.99. The molecule has 0 spiro atoms. The van der Waals surface area contributed by atoms with Crippen LogP contribution in [-0.2, 0) is 27.8 Å². The number of sulfonamides is 1. The van der Waals surface area contributed by atoms with Gasteiger partial charge in [-0.2, -0.15) is 4.31 Å². The SMILES string of the molecule is CCCN(CC(=O)N(CCc1ccc(OC)c(OC)c1)Cc1cccs1)S(=O)(=O)c1cccc2cccnc12. The van der Waals surface area contributed by atoms with E-state index in [1.54, 1.807) is 54.9 Å². The van der Waals surface area contributed by atoms with Crippen molar-refractivity contribution in [1.82, 2.24) is 14.2 Å². The summed E-state index contributed by atoms with van der Waals surface area (Å²) in [6.07, 6.45) is 2.72. The number of pyridine rings is 1. The Morgan fingerprint density at radius 3 is 2.49 bits per heavy atom. The average Bonchev–Trinajstić information content (AvgIpc) is 3.47. The summed E-state index contributed by atoms with van der Waals surface area (Å²) in [5.41, 5.74) is 1.38. The molecule has 0 unspecified atom stereocenters. The van der Waals surface area contributed by atoms with Gasteiger partial charge in [0.2, 0.25) is 15.9 Å². The number of nitrogens with zero attached hydrogens (tertiary/aromatic N) is 3. The van der Waals surface area contributed by atoms with Gasteiger partial charge < -0.3 is 14.4 Å². The van der Waals surface area contributed by atoms with Crippen LogP contribution < -0.4 is 9.47 Å². The summed E-state index contributed by atoms with van der Waals surface area (Å²) < 4.78 is 39.7. The minimum absolute atomic E-state index is 0.108. The van der Waals surface area contributed by atoms with Gasteiger partial charge in [0, 0.05) is 29.5 Å². The lowest BCUT2D eigenvalue weighted by Gasteiger charge is -2.27. The summed E-state index contributed by atoms with van der Waals surface area (Å²) in [6, 6.07) is 18.3. The number of carbonyl (C=O) groups is 1. The fourth-order valence-electron chi connectivity index (χ4n) is 4.39.